The minimum Gasteiger partial charge on any atom is -0.481 e. The normalized spacial score (nSPS) is 11.0. The lowest BCUT2D eigenvalue weighted by Gasteiger charge is -2.13. The maximum atomic E-state index is 5.44. The van der Waals surface area contributed by atoms with Crippen molar-refractivity contribution < 1.29 is 9.26 Å². The lowest BCUT2D eigenvalue weighted by Crippen LogP contribution is -2.06. The lowest BCUT2D eigenvalue weighted by molar-refractivity contribution is 0.389. The third-order valence-corrected chi connectivity index (χ3v) is 3.82. The predicted octanol–water partition coefficient (Wildman–Crippen LogP) is 3.17. The number of aromatic nitrogens is 4. The Bertz CT molecular complexity index is 820. The summed E-state index contributed by atoms with van der Waals surface area (Å²) in [7, 11) is 1.64. The fourth-order valence-electron chi connectivity index (χ4n) is 2.61. The van der Waals surface area contributed by atoms with E-state index in [1.54, 1.807) is 13.3 Å². The molecular weight excluding hydrogens is 292 g/mol. The highest BCUT2D eigenvalue weighted by molar-refractivity contribution is 5.48. The summed E-state index contributed by atoms with van der Waals surface area (Å²) in [6.45, 7) is 6.68. The summed E-state index contributed by atoms with van der Waals surface area (Å²) in [5.74, 6) is 2.07. The molecule has 6 nitrogen and oxygen atoms in total. The summed E-state index contributed by atoms with van der Waals surface area (Å²) in [6.07, 6.45) is 4.51. The monoisotopic (exact) mass is 312 g/mol. The smallest absolute Gasteiger partial charge is 0.218 e. The van der Waals surface area contributed by atoms with Crippen LogP contribution >= 0.6 is 0 Å². The highest BCUT2D eigenvalue weighted by Gasteiger charge is 2.16. The molecule has 0 amide bonds. The molecule has 0 radical (unpaired) electrons. The van der Waals surface area contributed by atoms with Gasteiger partial charge in [0.1, 0.15) is 0 Å². The van der Waals surface area contributed by atoms with Gasteiger partial charge in [-0.1, -0.05) is 12.1 Å². The highest BCUT2D eigenvalue weighted by atomic mass is 16.5. The second kappa shape index (κ2) is 6.24. The summed E-state index contributed by atoms with van der Waals surface area (Å²) in [5, 5.41) is 4.04. The van der Waals surface area contributed by atoms with Gasteiger partial charge in [0.25, 0.3) is 0 Å². The molecule has 3 aromatic rings. The molecule has 3 aromatic heterocycles. The average Bonchev–Trinajstić information content (AvgIpc) is 3.17. The largest absolute Gasteiger partial charge is 0.481 e. The molecule has 0 spiro atoms. The van der Waals surface area contributed by atoms with Crippen LogP contribution in [0, 0.1) is 13.8 Å². The SMILES string of the molecule is CCc1cc(-c2nccn2Cc2c(C)cc(C)nc2OC)on1. The molecule has 0 saturated carbocycles. The van der Waals surface area contributed by atoms with Crippen LogP contribution in [0.1, 0.15) is 29.4 Å². The number of nitrogens with zero attached hydrogens (tertiary/aromatic N) is 4. The molecule has 0 N–H and O–H groups in total. The number of aryl methyl sites for hydroxylation is 3. The van der Waals surface area contributed by atoms with Crippen molar-refractivity contribution in [2.75, 3.05) is 7.11 Å². The molecule has 3 rings (SSSR count). The van der Waals surface area contributed by atoms with Crippen molar-refractivity contribution in [2.45, 2.75) is 33.7 Å². The fraction of sp³-hybridized carbons (Fsp3) is 0.353. The van der Waals surface area contributed by atoms with Gasteiger partial charge in [0.05, 0.1) is 19.3 Å². The van der Waals surface area contributed by atoms with Gasteiger partial charge in [-0.15, -0.1) is 0 Å². The third-order valence-electron chi connectivity index (χ3n) is 3.82. The van der Waals surface area contributed by atoms with E-state index >= 15 is 0 Å². The van der Waals surface area contributed by atoms with Crippen LogP contribution in [0.25, 0.3) is 11.6 Å². The number of pyridine rings is 1. The van der Waals surface area contributed by atoms with Crippen LogP contribution in [0.5, 0.6) is 5.88 Å². The average molecular weight is 312 g/mol. The molecule has 3 heterocycles. The second-order valence-corrected chi connectivity index (χ2v) is 5.48. The van der Waals surface area contributed by atoms with Gasteiger partial charge in [0.2, 0.25) is 11.6 Å². The molecule has 0 saturated heterocycles. The van der Waals surface area contributed by atoms with Crippen molar-refractivity contribution in [3.05, 3.63) is 47.0 Å². The van der Waals surface area contributed by atoms with E-state index in [-0.39, 0.29) is 0 Å². The Balaban J connectivity index is 1.98. The maximum Gasteiger partial charge on any atom is 0.218 e. The maximum absolute atomic E-state index is 5.44. The van der Waals surface area contributed by atoms with Crippen LogP contribution in [-0.2, 0) is 13.0 Å². The van der Waals surface area contributed by atoms with E-state index in [2.05, 4.69) is 28.1 Å². The first kappa shape index (κ1) is 15.3. The van der Waals surface area contributed by atoms with Gasteiger partial charge in [0.15, 0.2) is 5.82 Å². The molecule has 0 aliphatic heterocycles. The number of imidazole rings is 1. The Morgan fingerprint density at radius 3 is 2.78 bits per heavy atom. The van der Waals surface area contributed by atoms with Gasteiger partial charge in [0, 0.05) is 29.7 Å². The van der Waals surface area contributed by atoms with E-state index in [0.717, 1.165) is 34.8 Å². The zero-order chi connectivity index (χ0) is 16.4. The van der Waals surface area contributed by atoms with Crippen LogP contribution in [0.2, 0.25) is 0 Å². The molecule has 23 heavy (non-hydrogen) atoms. The van der Waals surface area contributed by atoms with Crippen LogP contribution in [0.4, 0.5) is 0 Å². The van der Waals surface area contributed by atoms with Crippen molar-refractivity contribution in [1.29, 1.82) is 0 Å². The third kappa shape index (κ3) is 2.97. The first-order valence-electron chi connectivity index (χ1n) is 7.60. The van der Waals surface area contributed by atoms with Crippen molar-refractivity contribution >= 4 is 0 Å². The fourth-order valence-corrected chi connectivity index (χ4v) is 2.61. The van der Waals surface area contributed by atoms with Gasteiger partial charge in [-0.25, -0.2) is 9.97 Å². The van der Waals surface area contributed by atoms with E-state index in [4.69, 9.17) is 9.26 Å². The van der Waals surface area contributed by atoms with Gasteiger partial charge >= 0.3 is 0 Å². The molecule has 120 valence electrons. The minimum absolute atomic E-state index is 0.611. The molecule has 0 atom stereocenters. The van der Waals surface area contributed by atoms with Crippen LogP contribution in [-0.4, -0.2) is 26.8 Å². The van der Waals surface area contributed by atoms with E-state index in [1.807, 2.05) is 30.7 Å². The Kier molecular flexibility index (Phi) is 4.14. The van der Waals surface area contributed by atoms with Crippen LogP contribution in [0.15, 0.2) is 29.0 Å². The van der Waals surface area contributed by atoms with E-state index in [9.17, 15) is 0 Å². The molecule has 0 bridgehead atoms. The van der Waals surface area contributed by atoms with E-state index in [0.29, 0.717) is 18.2 Å². The van der Waals surface area contributed by atoms with Crippen molar-refractivity contribution in [2.24, 2.45) is 0 Å². The Labute approximate surface area is 135 Å². The molecule has 0 aromatic carbocycles. The molecule has 0 unspecified atom stereocenters. The number of rotatable bonds is 5. The minimum atomic E-state index is 0.611. The summed E-state index contributed by atoms with van der Waals surface area (Å²) in [5.41, 5.74) is 4.03. The highest BCUT2D eigenvalue weighted by Crippen LogP contribution is 2.25. The predicted molar refractivity (Wildman–Crippen MR) is 86.5 cm³/mol. The first-order chi connectivity index (χ1) is 11.1. The first-order valence-corrected chi connectivity index (χ1v) is 7.60. The Morgan fingerprint density at radius 2 is 2.09 bits per heavy atom. The molecule has 6 heteroatoms. The zero-order valence-electron chi connectivity index (χ0n) is 13.8. The standard InChI is InChI=1S/C17H20N4O2/c1-5-13-9-15(23-20-13)16-18-6-7-21(16)10-14-11(2)8-12(3)19-17(14)22-4/h6-9H,5,10H2,1-4H3. The lowest BCUT2D eigenvalue weighted by atomic mass is 10.1. The van der Waals surface area contributed by atoms with Crippen LogP contribution < -0.4 is 4.74 Å². The van der Waals surface area contributed by atoms with Gasteiger partial charge in [-0.2, -0.15) is 0 Å². The summed E-state index contributed by atoms with van der Waals surface area (Å²) < 4.78 is 12.9. The van der Waals surface area contributed by atoms with E-state index in [1.165, 1.54) is 0 Å². The van der Waals surface area contributed by atoms with Gasteiger partial charge in [-0.05, 0) is 31.9 Å². The van der Waals surface area contributed by atoms with Crippen molar-refractivity contribution in [3.8, 4) is 17.5 Å². The molecule has 0 aliphatic carbocycles. The zero-order valence-corrected chi connectivity index (χ0v) is 13.8. The van der Waals surface area contributed by atoms with Crippen molar-refractivity contribution in [1.82, 2.24) is 19.7 Å². The van der Waals surface area contributed by atoms with Crippen LogP contribution in [0.3, 0.4) is 0 Å². The Morgan fingerprint density at radius 1 is 1.26 bits per heavy atom. The Hall–Kier alpha value is -2.63. The summed E-state index contributed by atoms with van der Waals surface area (Å²) in [6, 6.07) is 3.98. The number of hydrogen-bond donors (Lipinski definition) is 0. The summed E-state index contributed by atoms with van der Waals surface area (Å²) in [4.78, 5) is 8.86. The topological polar surface area (TPSA) is 66.0 Å². The van der Waals surface area contributed by atoms with Gasteiger partial charge < -0.3 is 13.8 Å². The molecular formula is C17H20N4O2. The number of ether oxygens (including phenoxy) is 1. The van der Waals surface area contributed by atoms with Crippen molar-refractivity contribution in [3.63, 3.8) is 0 Å². The second-order valence-electron chi connectivity index (χ2n) is 5.48. The summed E-state index contributed by atoms with van der Waals surface area (Å²) >= 11 is 0. The number of hydrogen-bond acceptors (Lipinski definition) is 5. The molecule has 0 fully saturated rings. The molecule has 0 aliphatic rings. The quantitative estimate of drug-likeness (QED) is 0.724. The van der Waals surface area contributed by atoms with E-state index < -0.39 is 0 Å². The van der Waals surface area contributed by atoms with Gasteiger partial charge in [-0.3, -0.25) is 0 Å². The number of methoxy groups -OCH3 is 1.